The van der Waals surface area contributed by atoms with Crippen LogP contribution in [0.15, 0.2) is 29.2 Å². The Hall–Kier alpha value is -0.0800. The van der Waals surface area contributed by atoms with E-state index in [0.29, 0.717) is 12.1 Å². The zero-order valence-electron chi connectivity index (χ0n) is 7.58. The molecule has 1 aromatic rings. The molecule has 0 unspecified atom stereocenters. The van der Waals surface area contributed by atoms with Crippen LogP contribution >= 0.6 is 0 Å². The molecular formula is C7H4F3NaO3S. The van der Waals surface area contributed by atoms with Gasteiger partial charge in [0, 0.05) is 0 Å². The van der Waals surface area contributed by atoms with Crippen molar-refractivity contribution >= 4 is 10.1 Å². The summed E-state index contributed by atoms with van der Waals surface area (Å²) in [5.74, 6) is 0. The van der Waals surface area contributed by atoms with Crippen LogP contribution in [0.4, 0.5) is 13.2 Å². The van der Waals surface area contributed by atoms with Gasteiger partial charge in [0.2, 0.25) is 0 Å². The minimum atomic E-state index is -5.09. The molecule has 0 aromatic heterocycles. The van der Waals surface area contributed by atoms with Gasteiger partial charge in [-0.2, -0.15) is 13.2 Å². The van der Waals surface area contributed by atoms with Crippen LogP contribution in [0.1, 0.15) is 5.56 Å². The molecule has 0 atom stereocenters. The van der Waals surface area contributed by atoms with Crippen molar-refractivity contribution in [2.24, 2.45) is 0 Å². The number of hydrogen-bond acceptors (Lipinski definition) is 3. The summed E-state index contributed by atoms with van der Waals surface area (Å²) in [5.41, 5.74) is -1.44. The van der Waals surface area contributed by atoms with Crippen LogP contribution in [0.25, 0.3) is 0 Å². The zero-order chi connectivity index (χ0) is 11.0. The van der Waals surface area contributed by atoms with Crippen LogP contribution in [0, 0.1) is 0 Å². The summed E-state index contributed by atoms with van der Waals surface area (Å²) < 4.78 is 67.9. The Morgan fingerprint density at radius 2 is 1.60 bits per heavy atom. The molecule has 3 nitrogen and oxygen atoms in total. The molecule has 0 radical (unpaired) electrons. The third kappa shape index (κ3) is 3.76. The maximum absolute atomic E-state index is 12.2. The second-order valence-corrected chi connectivity index (χ2v) is 3.80. The van der Waals surface area contributed by atoms with E-state index in [1.165, 1.54) is 0 Å². The van der Waals surface area contributed by atoms with Crippen molar-refractivity contribution in [1.82, 2.24) is 0 Å². The van der Waals surface area contributed by atoms with E-state index in [1.54, 1.807) is 0 Å². The van der Waals surface area contributed by atoms with Crippen LogP contribution < -0.4 is 29.6 Å². The van der Waals surface area contributed by atoms with Crippen molar-refractivity contribution in [1.29, 1.82) is 0 Å². The number of hydrogen-bond donors (Lipinski definition) is 0. The van der Waals surface area contributed by atoms with E-state index in [0.717, 1.165) is 12.1 Å². The second-order valence-electron chi connectivity index (χ2n) is 2.45. The predicted octanol–water partition coefficient (Wildman–Crippen LogP) is -1.39. The quantitative estimate of drug-likeness (QED) is 0.454. The van der Waals surface area contributed by atoms with Gasteiger partial charge in [0.05, 0.1) is 10.5 Å². The summed E-state index contributed by atoms with van der Waals surface area (Å²) in [5, 5.41) is 0. The van der Waals surface area contributed by atoms with E-state index in [9.17, 15) is 26.1 Å². The van der Waals surface area contributed by atoms with Gasteiger partial charge in [-0.05, 0) is 12.1 Å². The van der Waals surface area contributed by atoms with Gasteiger partial charge in [-0.3, -0.25) is 0 Å². The summed E-state index contributed by atoms with van der Waals surface area (Å²) in [7, 11) is -5.09. The van der Waals surface area contributed by atoms with Gasteiger partial charge in [-0.1, -0.05) is 12.1 Å². The molecule has 8 heteroatoms. The number of rotatable bonds is 1. The zero-order valence-corrected chi connectivity index (χ0v) is 10.4. The van der Waals surface area contributed by atoms with Crippen LogP contribution in [0.3, 0.4) is 0 Å². The van der Waals surface area contributed by atoms with Crippen molar-refractivity contribution in [3.63, 3.8) is 0 Å². The first-order valence-electron chi connectivity index (χ1n) is 3.35. The summed E-state index contributed by atoms with van der Waals surface area (Å²) in [4.78, 5) is -1.24. The minimum absolute atomic E-state index is 0. The maximum atomic E-state index is 12.2. The summed E-state index contributed by atoms with van der Waals surface area (Å²) >= 11 is 0. The van der Waals surface area contributed by atoms with Crippen LogP contribution in [-0.2, 0) is 16.3 Å². The maximum Gasteiger partial charge on any atom is 1.00 e. The first kappa shape index (κ1) is 14.9. The standard InChI is InChI=1S/C7H5F3O3S.Na/c8-7(9,10)5-3-1-2-4-6(5)14(11,12)13;/h1-4H,(H,11,12,13);/q;+1/p-1. The molecule has 0 aliphatic carbocycles. The first-order chi connectivity index (χ1) is 6.23. The summed E-state index contributed by atoms with van der Waals surface area (Å²) in [6.07, 6.45) is -4.84. The average molecular weight is 248 g/mol. The molecule has 0 saturated carbocycles. The van der Waals surface area contributed by atoms with Gasteiger partial charge >= 0.3 is 35.7 Å². The van der Waals surface area contributed by atoms with Crippen molar-refractivity contribution in [2.45, 2.75) is 11.1 Å². The molecule has 0 aliphatic heterocycles. The van der Waals surface area contributed by atoms with E-state index in [-0.39, 0.29) is 29.6 Å². The molecule has 78 valence electrons. The minimum Gasteiger partial charge on any atom is -0.744 e. The number of benzene rings is 1. The molecule has 0 heterocycles. The van der Waals surface area contributed by atoms with Gasteiger partial charge in [0.1, 0.15) is 10.1 Å². The van der Waals surface area contributed by atoms with Gasteiger partial charge in [-0.25, -0.2) is 8.42 Å². The molecule has 0 spiro atoms. The van der Waals surface area contributed by atoms with E-state index < -0.39 is 26.8 Å². The van der Waals surface area contributed by atoms with Gasteiger partial charge in [0.25, 0.3) is 0 Å². The van der Waals surface area contributed by atoms with Crippen LogP contribution in [0.2, 0.25) is 0 Å². The van der Waals surface area contributed by atoms with E-state index >= 15 is 0 Å². The summed E-state index contributed by atoms with van der Waals surface area (Å²) in [6.45, 7) is 0. The van der Waals surface area contributed by atoms with E-state index in [2.05, 4.69) is 0 Å². The Balaban J connectivity index is 0.00000196. The monoisotopic (exact) mass is 248 g/mol. The fourth-order valence-electron chi connectivity index (χ4n) is 0.919. The largest absolute Gasteiger partial charge is 1.00 e. The average Bonchev–Trinajstić information content (AvgIpc) is 2.01. The smallest absolute Gasteiger partial charge is 0.744 e. The van der Waals surface area contributed by atoms with Crippen molar-refractivity contribution < 1.29 is 55.7 Å². The van der Waals surface area contributed by atoms with Crippen LogP contribution in [0.5, 0.6) is 0 Å². The molecule has 0 saturated heterocycles. The number of alkyl halides is 3. The molecule has 0 aliphatic rings. The topological polar surface area (TPSA) is 57.2 Å². The molecule has 0 bridgehead atoms. The van der Waals surface area contributed by atoms with Crippen LogP contribution in [-0.4, -0.2) is 13.0 Å². The molecule has 1 aromatic carbocycles. The molecular weight excluding hydrogens is 244 g/mol. The van der Waals surface area contributed by atoms with E-state index in [1.807, 2.05) is 0 Å². The van der Waals surface area contributed by atoms with Crippen molar-refractivity contribution in [3.05, 3.63) is 29.8 Å². The Bertz CT molecular complexity index is 441. The molecule has 0 fully saturated rings. The first-order valence-corrected chi connectivity index (χ1v) is 4.76. The molecule has 0 N–H and O–H groups in total. The van der Waals surface area contributed by atoms with Gasteiger partial charge in [-0.15, -0.1) is 0 Å². The normalized spacial score (nSPS) is 12.0. The fraction of sp³-hybridized carbons (Fsp3) is 0.143. The fourth-order valence-corrected chi connectivity index (χ4v) is 1.62. The third-order valence-corrected chi connectivity index (χ3v) is 2.36. The van der Waals surface area contributed by atoms with Crippen molar-refractivity contribution in [3.8, 4) is 0 Å². The predicted molar refractivity (Wildman–Crippen MR) is 39.4 cm³/mol. The molecule has 15 heavy (non-hydrogen) atoms. The Morgan fingerprint density at radius 1 is 1.13 bits per heavy atom. The summed E-state index contributed by atoms with van der Waals surface area (Å²) in [6, 6.07) is 3.24. The van der Waals surface area contributed by atoms with Gasteiger partial charge in [0.15, 0.2) is 0 Å². The third-order valence-electron chi connectivity index (χ3n) is 1.46. The number of halogens is 3. The van der Waals surface area contributed by atoms with Gasteiger partial charge < -0.3 is 4.55 Å². The SMILES string of the molecule is O=S(=O)([O-])c1ccccc1C(F)(F)F.[Na+]. The Morgan fingerprint density at radius 3 is 1.93 bits per heavy atom. The molecule has 0 amide bonds. The Labute approximate surface area is 106 Å². The molecule has 1 rings (SSSR count). The second kappa shape index (κ2) is 4.84. The van der Waals surface area contributed by atoms with E-state index in [4.69, 9.17) is 0 Å². The Kier molecular flexibility index (Phi) is 4.81. The van der Waals surface area contributed by atoms with Crippen molar-refractivity contribution in [2.75, 3.05) is 0 Å².